The van der Waals surface area contributed by atoms with Gasteiger partial charge in [0, 0.05) is 19.5 Å². The molecule has 2 fully saturated rings. The summed E-state index contributed by atoms with van der Waals surface area (Å²) in [6.07, 6.45) is 6.56. The van der Waals surface area contributed by atoms with Gasteiger partial charge < -0.3 is 30.2 Å². The lowest BCUT2D eigenvalue weighted by atomic mass is 9.90. The molecule has 1 aromatic rings. The summed E-state index contributed by atoms with van der Waals surface area (Å²) < 4.78 is 16.0. The lowest BCUT2D eigenvalue weighted by Crippen LogP contribution is -2.57. The molecule has 4 rings (SSSR count). The minimum absolute atomic E-state index is 0.156. The van der Waals surface area contributed by atoms with Crippen molar-refractivity contribution in [1.29, 1.82) is 0 Å². The molecule has 4 atom stereocenters. The van der Waals surface area contributed by atoms with E-state index in [0.29, 0.717) is 45.1 Å². The summed E-state index contributed by atoms with van der Waals surface area (Å²) in [6.45, 7) is 6.25. The summed E-state index contributed by atoms with van der Waals surface area (Å²) in [7, 11) is 1.57. The van der Waals surface area contributed by atoms with Crippen LogP contribution in [0, 0.1) is 5.92 Å². The normalized spacial score (nSPS) is 22.8. The number of nitrogens with zero attached hydrogens (tertiary/aromatic N) is 1. The van der Waals surface area contributed by atoms with E-state index in [-0.39, 0.29) is 30.6 Å². The number of methoxy groups -OCH3 is 1. The Bertz CT molecular complexity index is 1100. The Balaban J connectivity index is 1.43. The maximum Gasteiger partial charge on any atom is 0.243 e. The number of epoxide rings is 1. The van der Waals surface area contributed by atoms with Crippen molar-refractivity contribution in [1.82, 2.24) is 20.9 Å². The third-order valence-electron chi connectivity index (χ3n) is 7.88. The number of ether oxygens (including phenoxy) is 3. The first-order valence-electron chi connectivity index (χ1n) is 14.3. The molecule has 2 aliphatic heterocycles. The Kier molecular flexibility index (Phi) is 10.5. The molecular weight excluding hydrogens is 528 g/mol. The second-order valence-electron chi connectivity index (χ2n) is 11.3. The van der Waals surface area contributed by atoms with E-state index in [9.17, 15) is 19.2 Å². The molecule has 0 bridgehead atoms. The molecule has 0 spiro atoms. The van der Waals surface area contributed by atoms with Gasteiger partial charge in [-0.2, -0.15) is 0 Å². The molecule has 0 saturated carbocycles. The summed E-state index contributed by atoms with van der Waals surface area (Å²) in [6, 6.07) is 4.64. The van der Waals surface area contributed by atoms with Crippen LogP contribution in [0.4, 0.5) is 0 Å². The average molecular weight is 571 g/mol. The van der Waals surface area contributed by atoms with Crippen LogP contribution in [0.2, 0.25) is 0 Å². The summed E-state index contributed by atoms with van der Waals surface area (Å²) in [5.41, 5.74) is -0.0894. The topological polar surface area (TPSA) is 139 Å². The molecule has 224 valence electrons. The quantitative estimate of drug-likeness (QED) is 0.220. The number of ketones is 1. The molecule has 2 heterocycles. The smallest absolute Gasteiger partial charge is 0.243 e. The number of hydrogen-bond donors (Lipinski definition) is 3. The molecule has 0 radical (unpaired) electrons. The van der Waals surface area contributed by atoms with Crippen LogP contribution in [0.1, 0.15) is 38.7 Å². The van der Waals surface area contributed by atoms with E-state index in [2.05, 4.69) is 28.1 Å². The zero-order valence-electron chi connectivity index (χ0n) is 24.1. The van der Waals surface area contributed by atoms with Gasteiger partial charge in [-0.05, 0) is 56.7 Å². The molecule has 11 heteroatoms. The SMILES string of the molecule is COc1ccc(CC(NC(=O)C(C)NC(=O)CN2CCOCC2)C(=O)NC(CC2CC=CC2)C(=O)C2(C)CO2)cc1. The number of carbonyl (C=O) groups excluding carboxylic acids is 4. The van der Waals surface area contributed by atoms with Gasteiger partial charge in [-0.1, -0.05) is 24.3 Å². The molecule has 3 amide bonds. The van der Waals surface area contributed by atoms with Gasteiger partial charge in [-0.15, -0.1) is 0 Å². The van der Waals surface area contributed by atoms with Gasteiger partial charge >= 0.3 is 0 Å². The number of nitrogens with one attached hydrogen (secondary N) is 3. The number of morpholine rings is 1. The van der Waals surface area contributed by atoms with Crippen LogP contribution in [0.25, 0.3) is 0 Å². The van der Waals surface area contributed by atoms with Crippen molar-refractivity contribution in [3.8, 4) is 5.75 Å². The van der Waals surface area contributed by atoms with Crippen LogP contribution < -0.4 is 20.7 Å². The largest absolute Gasteiger partial charge is 0.497 e. The van der Waals surface area contributed by atoms with Gasteiger partial charge in [0.25, 0.3) is 0 Å². The summed E-state index contributed by atoms with van der Waals surface area (Å²) in [4.78, 5) is 54.7. The zero-order valence-corrected chi connectivity index (χ0v) is 24.1. The molecule has 3 aliphatic rings. The second kappa shape index (κ2) is 14.1. The Morgan fingerprint density at radius 1 is 1.00 bits per heavy atom. The van der Waals surface area contributed by atoms with Gasteiger partial charge in [0.2, 0.25) is 17.7 Å². The number of benzene rings is 1. The third-order valence-corrected chi connectivity index (χ3v) is 7.88. The van der Waals surface area contributed by atoms with Crippen LogP contribution >= 0.6 is 0 Å². The van der Waals surface area contributed by atoms with Crippen molar-refractivity contribution >= 4 is 23.5 Å². The van der Waals surface area contributed by atoms with Gasteiger partial charge in [-0.3, -0.25) is 24.1 Å². The fraction of sp³-hybridized carbons (Fsp3) is 0.600. The Hall–Kier alpha value is -3.28. The fourth-order valence-corrected chi connectivity index (χ4v) is 5.14. The lowest BCUT2D eigenvalue weighted by molar-refractivity contribution is -0.134. The Labute approximate surface area is 241 Å². The van der Waals surface area contributed by atoms with Crippen LogP contribution in [0.15, 0.2) is 36.4 Å². The molecule has 0 aromatic heterocycles. The molecule has 4 unspecified atom stereocenters. The number of Topliss-reactive ketones (excluding diaryl/α,β-unsaturated/α-hetero) is 1. The van der Waals surface area contributed by atoms with Crippen molar-refractivity contribution in [2.24, 2.45) is 5.92 Å². The molecular formula is C30H42N4O7. The van der Waals surface area contributed by atoms with Crippen LogP contribution in [-0.2, 0) is 35.1 Å². The molecule has 11 nitrogen and oxygen atoms in total. The zero-order chi connectivity index (χ0) is 29.4. The molecule has 3 N–H and O–H groups in total. The number of allylic oxidation sites excluding steroid dienone is 2. The highest BCUT2D eigenvalue weighted by Gasteiger charge is 2.50. The van der Waals surface area contributed by atoms with Crippen molar-refractivity contribution in [3.05, 3.63) is 42.0 Å². The lowest BCUT2D eigenvalue weighted by Gasteiger charge is -2.27. The van der Waals surface area contributed by atoms with Crippen LogP contribution in [-0.4, -0.2) is 98.7 Å². The highest BCUT2D eigenvalue weighted by atomic mass is 16.6. The number of carbonyl (C=O) groups is 4. The number of rotatable bonds is 14. The number of hydrogen-bond acceptors (Lipinski definition) is 8. The second-order valence-corrected chi connectivity index (χ2v) is 11.3. The van der Waals surface area contributed by atoms with Crippen LogP contribution in [0.3, 0.4) is 0 Å². The minimum Gasteiger partial charge on any atom is -0.497 e. The van der Waals surface area contributed by atoms with E-state index in [4.69, 9.17) is 14.2 Å². The van der Waals surface area contributed by atoms with E-state index >= 15 is 0 Å². The first kappa shape index (κ1) is 30.7. The average Bonchev–Trinajstić information content (AvgIpc) is 3.51. The Morgan fingerprint density at radius 2 is 1.63 bits per heavy atom. The standard InChI is InChI=1S/C30H42N4O7/c1-20(31-26(35)18-34-12-14-40-15-13-34)28(37)33-25(17-22-8-10-23(39-3)11-9-22)29(38)32-24(16-21-6-4-5-7-21)27(36)30(2)19-41-30/h4-5,8-11,20-21,24-25H,6-7,12-19H2,1-3H3,(H,31,35)(H,32,38)(H,33,37). The molecule has 2 saturated heterocycles. The van der Waals surface area contributed by atoms with E-state index in [1.807, 2.05) is 17.0 Å². The fourth-order valence-electron chi connectivity index (χ4n) is 5.14. The van der Waals surface area contributed by atoms with Crippen molar-refractivity contribution in [2.45, 2.75) is 63.3 Å². The number of amides is 3. The predicted octanol–water partition coefficient (Wildman–Crippen LogP) is 0.759. The van der Waals surface area contributed by atoms with Gasteiger partial charge in [0.15, 0.2) is 5.78 Å². The highest BCUT2D eigenvalue weighted by molar-refractivity contribution is 5.98. The first-order valence-corrected chi connectivity index (χ1v) is 14.3. The van der Waals surface area contributed by atoms with E-state index in [0.717, 1.165) is 18.4 Å². The Morgan fingerprint density at radius 3 is 2.24 bits per heavy atom. The molecule has 41 heavy (non-hydrogen) atoms. The predicted molar refractivity (Wildman–Crippen MR) is 151 cm³/mol. The third kappa shape index (κ3) is 8.85. The van der Waals surface area contributed by atoms with E-state index in [1.165, 1.54) is 0 Å². The van der Waals surface area contributed by atoms with Crippen molar-refractivity contribution in [2.75, 3.05) is 46.6 Å². The van der Waals surface area contributed by atoms with E-state index in [1.54, 1.807) is 33.1 Å². The molecule has 1 aliphatic carbocycles. The first-order chi connectivity index (χ1) is 19.7. The summed E-state index contributed by atoms with van der Waals surface area (Å²) >= 11 is 0. The maximum atomic E-state index is 13.7. The van der Waals surface area contributed by atoms with Gasteiger partial charge in [-0.25, -0.2) is 0 Å². The maximum absolute atomic E-state index is 13.7. The minimum atomic E-state index is -0.973. The highest BCUT2D eigenvalue weighted by Crippen LogP contribution is 2.31. The monoisotopic (exact) mass is 570 g/mol. The van der Waals surface area contributed by atoms with Crippen molar-refractivity contribution in [3.63, 3.8) is 0 Å². The molecule has 1 aromatic carbocycles. The van der Waals surface area contributed by atoms with Gasteiger partial charge in [0.1, 0.15) is 23.4 Å². The van der Waals surface area contributed by atoms with Crippen LogP contribution in [0.5, 0.6) is 5.75 Å². The van der Waals surface area contributed by atoms with E-state index < -0.39 is 35.5 Å². The van der Waals surface area contributed by atoms with Crippen molar-refractivity contribution < 1.29 is 33.4 Å². The summed E-state index contributed by atoms with van der Waals surface area (Å²) in [5.74, 6) is -0.467. The van der Waals surface area contributed by atoms with Gasteiger partial charge in [0.05, 0.1) is 39.5 Å². The summed E-state index contributed by atoms with van der Waals surface area (Å²) in [5, 5.41) is 8.47.